The molecule has 0 aromatic rings. The van der Waals surface area contributed by atoms with Gasteiger partial charge in [0.1, 0.15) is 0 Å². The Morgan fingerprint density at radius 3 is 2.67 bits per heavy atom. The van der Waals surface area contributed by atoms with Crippen LogP contribution in [0.4, 0.5) is 0 Å². The van der Waals surface area contributed by atoms with Crippen molar-refractivity contribution < 1.29 is 0 Å². The summed E-state index contributed by atoms with van der Waals surface area (Å²) in [6.45, 7) is 5.72. The molecule has 0 saturated carbocycles. The standard InChI is InChI=1S/C5H10S/c1-3-5-6-4-2/h3H,2,4-5H2,1H3. The van der Waals surface area contributed by atoms with Crippen LogP contribution in [0, 0.1) is 13.3 Å². The summed E-state index contributed by atoms with van der Waals surface area (Å²) >= 11 is 1.84. The van der Waals surface area contributed by atoms with Crippen molar-refractivity contribution in [3.63, 3.8) is 0 Å². The molecule has 0 aliphatic carbocycles. The highest BCUT2D eigenvalue weighted by atomic mass is 32.2. The summed E-state index contributed by atoms with van der Waals surface area (Å²) in [5, 5.41) is 0. The van der Waals surface area contributed by atoms with E-state index in [4.69, 9.17) is 0 Å². The van der Waals surface area contributed by atoms with Gasteiger partial charge in [0.25, 0.3) is 0 Å². The van der Waals surface area contributed by atoms with Crippen LogP contribution in [-0.2, 0) is 0 Å². The van der Waals surface area contributed by atoms with E-state index in [1.165, 1.54) is 0 Å². The van der Waals surface area contributed by atoms with Crippen molar-refractivity contribution in [3.8, 4) is 0 Å². The second-order valence-electron chi connectivity index (χ2n) is 0.983. The largest absolute Gasteiger partial charge is 0.162 e. The van der Waals surface area contributed by atoms with E-state index in [1.807, 2.05) is 11.8 Å². The van der Waals surface area contributed by atoms with Gasteiger partial charge in [-0.25, -0.2) is 0 Å². The minimum absolute atomic E-state index is 0.990. The molecule has 0 aromatic heterocycles. The van der Waals surface area contributed by atoms with Crippen LogP contribution in [0.1, 0.15) is 6.92 Å². The molecule has 0 N–H and O–H groups in total. The predicted molar refractivity (Wildman–Crippen MR) is 32.7 cm³/mol. The minimum atomic E-state index is 0.990. The first-order valence-electron chi connectivity index (χ1n) is 2.06. The molecule has 0 nitrogen and oxygen atoms in total. The summed E-state index contributed by atoms with van der Waals surface area (Å²) in [5.74, 6) is 2.13. The third-order valence-corrected chi connectivity index (χ3v) is 1.29. The quantitative estimate of drug-likeness (QED) is 0.489. The molecule has 0 aliphatic heterocycles. The highest BCUT2D eigenvalue weighted by molar-refractivity contribution is 7.99. The molecule has 36 valence electrons. The molecule has 0 bridgehead atoms. The van der Waals surface area contributed by atoms with Crippen molar-refractivity contribution in [2.45, 2.75) is 6.92 Å². The smallest absolute Gasteiger partial charge is 0.00389 e. The molecule has 0 aromatic carbocycles. The SMILES string of the molecule is [CH2]CSC[CH]C. The third-order valence-electron chi connectivity index (χ3n) is 0.429. The van der Waals surface area contributed by atoms with Crippen molar-refractivity contribution in [2.24, 2.45) is 0 Å². The Balaban J connectivity index is 2.34. The Bertz CT molecular complexity index is 15.9. The van der Waals surface area contributed by atoms with Gasteiger partial charge in [-0.05, 0) is 24.9 Å². The Morgan fingerprint density at radius 1 is 1.83 bits per heavy atom. The van der Waals surface area contributed by atoms with Gasteiger partial charge in [-0.1, -0.05) is 6.92 Å². The predicted octanol–water partition coefficient (Wildman–Crippen LogP) is 1.78. The highest BCUT2D eigenvalue weighted by Gasteiger charge is 1.75. The maximum absolute atomic E-state index is 3.67. The fourth-order valence-corrected chi connectivity index (χ4v) is 0.604. The Kier molecular flexibility index (Phi) is 5.66. The Hall–Kier alpha value is 0.350. The van der Waals surface area contributed by atoms with Gasteiger partial charge in [0, 0.05) is 0 Å². The maximum atomic E-state index is 3.67. The molecule has 0 fully saturated rings. The van der Waals surface area contributed by atoms with E-state index in [0.29, 0.717) is 0 Å². The molecular weight excluding hydrogens is 92.1 g/mol. The van der Waals surface area contributed by atoms with E-state index < -0.39 is 0 Å². The second-order valence-corrected chi connectivity index (χ2v) is 2.13. The highest BCUT2D eigenvalue weighted by Crippen LogP contribution is 1.97. The average Bonchev–Trinajstić information content (AvgIpc) is 1.61. The fourth-order valence-electron chi connectivity index (χ4n) is 0.201. The van der Waals surface area contributed by atoms with E-state index in [0.717, 1.165) is 11.5 Å². The van der Waals surface area contributed by atoms with Crippen LogP contribution in [-0.4, -0.2) is 11.5 Å². The van der Waals surface area contributed by atoms with Crippen molar-refractivity contribution >= 4 is 11.8 Å². The summed E-state index contributed by atoms with van der Waals surface area (Å²) in [6.07, 6.45) is 2.13. The van der Waals surface area contributed by atoms with Gasteiger partial charge in [-0.15, -0.1) is 0 Å². The monoisotopic (exact) mass is 102 g/mol. The summed E-state index contributed by atoms with van der Waals surface area (Å²) in [4.78, 5) is 0. The van der Waals surface area contributed by atoms with Crippen molar-refractivity contribution in [1.29, 1.82) is 0 Å². The molecule has 0 atom stereocenters. The molecule has 0 unspecified atom stereocenters. The van der Waals surface area contributed by atoms with Gasteiger partial charge in [0.15, 0.2) is 0 Å². The molecule has 0 heterocycles. The van der Waals surface area contributed by atoms with Gasteiger partial charge < -0.3 is 0 Å². The van der Waals surface area contributed by atoms with Gasteiger partial charge in [-0.2, -0.15) is 11.8 Å². The molecule has 2 radical (unpaired) electrons. The van der Waals surface area contributed by atoms with Gasteiger partial charge in [0.2, 0.25) is 0 Å². The summed E-state index contributed by atoms with van der Waals surface area (Å²) < 4.78 is 0. The van der Waals surface area contributed by atoms with E-state index in [1.54, 1.807) is 0 Å². The third kappa shape index (κ3) is 4.35. The van der Waals surface area contributed by atoms with Gasteiger partial charge in [-0.3, -0.25) is 0 Å². The van der Waals surface area contributed by atoms with Crippen LogP contribution in [0.15, 0.2) is 0 Å². The number of hydrogen-bond acceptors (Lipinski definition) is 1. The van der Waals surface area contributed by atoms with E-state index in [-0.39, 0.29) is 0 Å². The first kappa shape index (κ1) is 6.35. The first-order chi connectivity index (χ1) is 2.91. The summed E-state index contributed by atoms with van der Waals surface area (Å²) in [7, 11) is 0. The molecule has 1 heteroatoms. The number of thioether (sulfide) groups is 1. The molecule has 6 heavy (non-hydrogen) atoms. The van der Waals surface area contributed by atoms with Crippen LogP contribution >= 0.6 is 11.8 Å². The fraction of sp³-hybridized carbons (Fsp3) is 0.600. The van der Waals surface area contributed by atoms with Crippen molar-refractivity contribution in [2.75, 3.05) is 11.5 Å². The lowest BCUT2D eigenvalue weighted by Crippen LogP contribution is -1.73. The Morgan fingerprint density at radius 2 is 2.50 bits per heavy atom. The normalized spacial score (nSPS) is 9.00. The van der Waals surface area contributed by atoms with Crippen molar-refractivity contribution in [3.05, 3.63) is 13.3 Å². The summed E-state index contributed by atoms with van der Waals surface area (Å²) in [6, 6.07) is 0. The van der Waals surface area contributed by atoms with Crippen LogP contribution < -0.4 is 0 Å². The van der Waals surface area contributed by atoms with E-state index in [9.17, 15) is 0 Å². The molecule has 0 spiro atoms. The second kappa shape index (κ2) is 5.35. The van der Waals surface area contributed by atoms with Crippen molar-refractivity contribution in [1.82, 2.24) is 0 Å². The zero-order chi connectivity index (χ0) is 4.83. The lowest BCUT2D eigenvalue weighted by Gasteiger charge is -1.86. The van der Waals surface area contributed by atoms with Crippen LogP contribution in [0.5, 0.6) is 0 Å². The number of rotatable bonds is 3. The molecule has 0 amide bonds. The molecule has 0 rings (SSSR count). The van der Waals surface area contributed by atoms with Gasteiger partial charge >= 0.3 is 0 Å². The molecule has 0 aliphatic rings. The average molecular weight is 102 g/mol. The minimum Gasteiger partial charge on any atom is -0.162 e. The zero-order valence-corrected chi connectivity index (χ0v) is 4.92. The molecule has 0 saturated heterocycles. The van der Waals surface area contributed by atoms with E-state index in [2.05, 4.69) is 20.3 Å². The zero-order valence-electron chi connectivity index (χ0n) is 4.11. The summed E-state index contributed by atoms with van der Waals surface area (Å²) in [5.41, 5.74) is 0. The van der Waals surface area contributed by atoms with Crippen LogP contribution in [0.2, 0.25) is 0 Å². The lowest BCUT2D eigenvalue weighted by molar-refractivity contribution is 1.43. The van der Waals surface area contributed by atoms with Gasteiger partial charge in [0.05, 0.1) is 0 Å². The first-order valence-corrected chi connectivity index (χ1v) is 3.22. The topological polar surface area (TPSA) is 0 Å². The van der Waals surface area contributed by atoms with Crippen LogP contribution in [0.3, 0.4) is 0 Å². The molecular formula is C5H10S. The number of hydrogen-bond donors (Lipinski definition) is 0. The maximum Gasteiger partial charge on any atom is -0.00389 e. The lowest BCUT2D eigenvalue weighted by atomic mass is 10.6. The Labute approximate surface area is 44.3 Å². The van der Waals surface area contributed by atoms with Crippen LogP contribution in [0.25, 0.3) is 0 Å². The van der Waals surface area contributed by atoms with E-state index >= 15 is 0 Å².